The molecule has 0 aliphatic rings. The Morgan fingerprint density at radius 3 is 2.81 bits per heavy atom. The van der Waals surface area contributed by atoms with Gasteiger partial charge < -0.3 is 4.42 Å². The van der Waals surface area contributed by atoms with Crippen molar-refractivity contribution in [3.8, 4) is 0 Å². The Labute approximate surface area is 120 Å². The third-order valence-corrected chi connectivity index (χ3v) is 3.41. The minimum absolute atomic E-state index is 0.0402. The number of para-hydroxylation sites is 1. The zero-order valence-electron chi connectivity index (χ0n) is 11.8. The molecule has 0 fully saturated rings. The lowest BCUT2D eigenvalue weighted by molar-refractivity contribution is 0.0970. The summed E-state index contributed by atoms with van der Waals surface area (Å²) in [4.78, 5) is 28.6. The molecular weight excluding hydrogens is 268 g/mol. The quantitative estimate of drug-likeness (QED) is 0.692. The second-order valence-electron chi connectivity index (χ2n) is 4.94. The number of furan rings is 1. The first kappa shape index (κ1) is 13.3. The van der Waals surface area contributed by atoms with Gasteiger partial charge in [0.2, 0.25) is 0 Å². The number of Topliss-reactive ketones (excluding diaryl/α,β-unsaturated/α-hetero) is 1. The summed E-state index contributed by atoms with van der Waals surface area (Å²) < 4.78 is 6.74. The number of aryl methyl sites for hydroxylation is 2. The normalized spacial score (nSPS) is 11.0. The van der Waals surface area contributed by atoms with Gasteiger partial charge in [0.25, 0.3) is 5.56 Å². The summed E-state index contributed by atoms with van der Waals surface area (Å²) in [7, 11) is 0. The van der Waals surface area contributed by atoms with E-state index in [0.717, 1.165) is 5.39 Å². The summed E-state index contributed by atoms with van der Waals surface area (Å²) in [5.74, 6) is 0.358. The van der Waals surface area contributed by atoms with E-state index >= 15 is 0 Å². The number of carbonyl (C=O) groups excluding carboxylic acids is 1. The molecule has 0 amide bonds. The average molecular weight is 282 g/mol. The van der Waals surface area contributed by atoms with Crippen LogP contribution < -0.4 is 5.56 Å². The van der Waals surface area contributed by atoms with Gasteiger partial charge in [0, 0.05) is 17.1 Å². The van der Waals surface area contributed by atoms with Crippen LogP contribution in [0.4, 0.5) is 0 Å². The van der Waals surface area contributed by atoms with Crippen LogP contribution in [0.1, 0.15) is 21.9 Å². The molecule has 5 nitrogen and oxygen atoms in total. The van der Waals surface area contributed by atoms with Crippen molar-refractivity contribution in [1.82, 2.24) is 9.55 Å². The second-order valence-corrected chi connectivity index (χ2v) is 4.94. The highest BCUT2D eigenvalue weighted by molar-refractivity contribution is 6.06. The largest absolute Gasteiger partial charge is 0.464 e. The zero-order valence-corrected chi connectivity index (χ0v) is 11.8. The fourth-order valence-electron chi connectivity index (χ4n) is 2.38. The highest BCUT2D eigenvalue weighted by Crippen LogP contribution is 2.21. The Morgan fingerprint density at radius 2 is 2.05 bits per heavy atom. The Kier molecular flexibility index (Phi) is 3.17. The molecule has 0 saturated heterocycles. The van der Waals surface area contributed by atoms with Gasteiger partial charge in [-0.1, -0.05) is 18.2 Å². The number of benzene rings is 1. The van der Waals surface area contributed by atoms with Crippen LogP contribution in [0.15, 0.2) is 45.8 Å². The first-order valence-electron chi connectivity index (χ1n) is 6.61. The Balaban J connectivity index is 1.99. The van der Waals surface area contributed by atoms with Gasteiger partial charge in [-0.05, 0) is 19.9 Å². The molecule has 0 bridgehead atoms. The number of hydrogen-bond donors (Lipinski definition) is 0. The number of ketones is 1. The molecule has 0 N–H and O–H groups in total. The minimum Gasteiger partial charge on any atom is -0.464 e. The monoisotopic (exact) mass is 282 g/mol. The topological polar surface area (TPSA) is 65.1 Å². The van der Waals surface area contributed by atoms with Crippen molar-refractivity contribution in [2.45, 2.75) is 20.4 Å². The first-order chi connectivity index (χ1) is 10.1. The summed E-state index contributed by atoms with van der Waals surface area (Å²) in [6, 6.07) is 8.75. The summed E-state index contributed by atoms with van der Waals surface area (Å²) >= 11 is 0. The van der Waals surface area contributed by atoms with Gasteiger partial charge in [-0.3, -0.25) is 14.2 Å². The first-order valence-corrected chi connectivity index (χ1v) is 6.61. The number of nitrogens with zero attached hydrogens (tertiary/aromatic N) is 2. The van der Waals surface area contributed by atoms with Crippen LogP contribution in [0.25, 0.3) is 11.0 Å². The second kappa shape index (κ2) is 5.01. The van der Waals surface area contributed by atoms with E-state index in [1.54, 1.807) is 19.9 Å². The van der Waals surface area contributed by atoms with Crippen molar-refractivity contribution >= 4 is 16.8 Å². The summed E-state index contributed by atoms with van der Waals surface area (Å²) in [6.45, 7) is 3.43. The number of carbonyl (C=O) groups is 1. The summed E-state index contributed by atoms with van der Waals surface area (Å²) in [6.07, 6.45) is 1.44. The molecule has 0 radical (unpaired) electrons. The van der Waals surface area contributed by atoms with E-state index in [4.69, 9.17) is 4.42 Å². The molecule has 3 aromatic rings. The summed E-state index contributed by atoms with van der Waals surface area (Å²) in [5.41, 5.74) is 1.57. The molecule has 0 unspecified atom stereocenters. The molecule has 0 aliphatic heterocycles. The van der Waals surface area contributed by atoms with Crippen LogP contribution in [0.2, 0.25) is 0 Å². The zero-order chi connectivity index (χ0) is 15.0. The van der Waals surface area contributed by atoms with Crippen LogP contribution in [0, 0.1) is 13.8 Å². The summed E-state index contributed by atoms with van der Waals surface area (Å²) in [5, 5.41) is 0.758. The lowest BCUT2D eigenvalue weighted by atomic mass is 10.1. The van der Waals surface area contributed by atoms with Crippen LogP contribution >= 0.6 is 0 Å². The van der Waals surface area contributed by atoms with Gasteiger partial charge in [-0.25, -0.2) is 4.98 Å². The Bertz CT molecular complexity index is 890. The van der Waals surface area contributed by atoms with Gasteiger partial charge in [0.05, 0.1) is 12.1 Å². The highest BCUT2D eigenvalue weighted by Gasteiger charge is 2.15. The number of rotatable bonds is 3. The fraction of sp³-hybridized carbons (Fsp3) is 0.188. The third-order valence-electron chi connectivity index (χ3n) is 3.41. The lowest BCUT2D eigenvalue weighted by Gasteiger charge is -2.08. The van der Waals surface area contributed by atoms with Crippen molar-refractivity contribution in [3.63, 3.8) is 0 Å². The van der Waals surface area contributed by atoms with Crippen molar-refractivity contribution in [1.29, 1.82) is 0 Å². The van der Waals surface area contributed by atoms with E-state index in [1.165, 1.54) is 16.9 Å². The fourth-order valence-corrected chi connectivity index (χ4v) is 2.38. The minimum atomic E-state index is -0.221. The van der Waals surface area contributed by atoms with E-state index in [2.05, 4.69) is 4.98 Å². The molecule has 0 spiro atoms. The van der Waals surface area contributed by atoms with E-state index in [0.29, 0.717) is 22.7 Å². The maximum Gasteiger partial charge on any atom is 0.254 e. The van der Waals surface area contributed by atoms with E-state index < -0.39 is 0 Å². The van der Waals surface area contributed by atoms with E-state index in [9.17, 15) is 9.59 Å². The van der Waals surface area contributed by atoms with Gasteiger partial charge in [-0.15, -0.1) is 0 Å². The van der Waals surface area contributed by atoms with Crippen molar-refractivity contribution in [3.05, 3.63) is 64.0 Å². The molecule has 5 heteroatoms. The SMILES string of the molecule is Cc1cc(=O)n(CC(=O)c2coc3ccccc23)c(C)n1. The van der Waals surface area contributed by atoms with Crippen molar-refractivity contribution in [2.24, 2.45) is 0 Å². The average Bonchev–Trinajstić information content (AvgIpc) is 2.86. The lowest BCUT2D eigenvalue weighted by Crippen LogP contribution is -2.27. The molecule has 0 atom stereocenters. The molecule has 106 valence electrons. The molecular formula is C16H14N2O3. The maximum absolute atomic E-state index is 12.4. The molecule has 3 rings (SSSR count). The molecule has 0 saturated carbocycles. The molecule has 2 heterocycles. The van der Waals surface area contributed by atoms with Crippen molar-refractivity contribution in [2.75, 3.05) is 0 Å². The van der Waals surface area contributed by atoms with Gasteiger partial charge in [0.1, 0.15) is 17.7 Å². The highest BCUT2D eigenvalue weighted by atomic mass is 16.3. The van der Waals surface area contributed by atoms with Crippen LogP contribution in [-0.4, -0.2) is 15.3 Å². The standard InChI is InChI=1S/C16H14N2O3/c1-10-7-16(20)18(11(2)17-10)8-14(19)13-9-21-15-6-4-3-5-12(13)15/h3-7,9H,8H2,1-2H3. The smallest absolute Gasteiger partial charge is 0.254 e. The van der Waals surface area contributed by atoms with Crippen LogP contribution in [0.3, 0.4) is 0 Å². The Hall–Kier alpha value is -2.69. The van der Waals surface area contributed by atoms with Gasteiger partial charge in [0.15, 0.2) is 5.78 Å². The maximum atomic E-state index is 12.4. The van der Waals surface area contributed by atoms with Gasteiger partial charge >= 0.3 is 0 Å². The number of fused-ring (bicyclic) bond motifs is 1. The molecule has 1 aromatic carbocycles. The predicted octanol–water partition coefficient (Wildman–Crippen LogP) is 2.49. The van der Waals surface area contributed by atoms with Crippen LogP contribution in [-0.2, 0) is 6.54 Å². The van der Waals surface area contributed by atoms with Crippen LogP contribution in [0.5, 0.6) is 0 Å². The predicted molar refractivity (Wildman–Crippen MR) is 78.5 cm³/mol. The van der Waals surface area contributed by atoms with Gasteiger partial charge in [-0.2, -0.15) is 0 Å². The Morgan fingerprint density at radius 1 is 1.29 bits per heavy atom. The third kappa shape index (κ3) is 2.38. The number of hydrogen-bond acceptors (Lipinski definition) is 4. The molecule has 21 heavy (non-hydrogen) atoms. The van der Waals surface area contributed by atoms with E-state index in [1.807, 2.05) is 18.2 Å². The van der Waals surface area contributed by atoms with Crippen molar-refractivity contribution < 1.29 is 9.21 Å². The number of aromatic nitrogens is 2. The molecule has 2 aromatic heterocycles. The van der Waals surface area contributed by atoms with E-state index in [-0.39, 0.29) is 17.9 Å². The molecule has 0 aliphatic carbocycles.